The first kappa shape index (κ1) is 15.9. The van der Waals surface area contributed by atoms with Crippen LogP contribution in [0.5, 0.6) is 0 Å². The van der Waals surface area contributed by atoms with Gasteiger partial charge in [0.2, 0.25) is 5.91 Å². The van der Waals surface area contributed by atoms with E-state index in [4.69, 9.17) is 11.6 Å². The summed E-state index contributed by atoms with van der Waals surface area (Å²) in [6, 6.07) is 8.16. The summed E-state index contributed by atoms with van der Waals surface area (Å²) in [5.74, 6) is 1.04. The molecule has 22 heavy (non-hydrogen) atoms. The second kappa shape index (κ2) is 7.50. The van der Waals surface area contributed by atoms with Gasteiger partial charge in [0.1, 0.15) is 0 Å². The number of benzene rings is 1. The molecule has 0 aromatic heterocycles. The highest BCUT2D eigenvalue weighted by Gasteiger charge is 2.30. The molecule has 2 nitrogen and oxygen atoms in total. The van der Waals surface area contributed by atoms with E-state index in [1.165, 1.54) is 50.5 Å². The first-order chi connectivity index (χ1) is 10.7. The van der Waals surface area contributed by atoms with Gasteiger partial charge < -0.3 is 5.32 Å². The highest BCUT2D eigenvalue weighted by molar-refractivity contribution is 6.30. The molecule has 0 unspecified atom stereocenters. The van der Waals surface area contributed by atoms with Crippen LogP contribution in [0.3, 0.4) is 0 Å². The Hall–Kier alpha value is -1.02. The van der Waals surface area contributed by atoms with E-state index in [1.54, 1.807) is 0 Å². The molecule has 3 heteroatoms. The van der Waals surface area contributed by atoms with Crippen molar-refractivity contribution in [1.82, 2.24) is 5.32 Å². The van der Waals surface area contributed by atoms with Gasteiger partial charge in [0, 0.05) is 10.9 Å². The van der Waals surface area contributed by atoms with Gasteiger partial charge in [-0.3, -0.25) is 4.79 Å². The number of carbonyl (C=O) groups is 1. The Morgan fingerprint density at radius 2 is 1.73 bits per heavy atom. The van der Waals surface area contributed by atoms with Crippen LogP contribution in [-0.4, -0.2) is 5.91 Å². The summed E-state index contributed by atoms with van der Waals surface area (Å²) in [7, 11) is 0. The van der Waals surface area contributed by atoms with E-state index < -0.39 is 0 Å². The lowest BCUT2D eigenvalue weighted by Gasteiger charge is -2.29. The smallest absolute Gasteiger partial charge is 0.223 e. The fourth-order valence-corrected chi connectivity index (χ4v) is 4.30. The topological polar surface area (TPSA) is 29.1 Å². The molecule has 2 saturated carbocycles. The SMILES string of the molecule is O=C(N[C@H](c1cccc(Cl)c1)C1CCCC1)C1CCCCC1. The van der Waals surface area contributed by atoms with Crippen LogP contribution >= 0.6 is 11.6 Å². The normalized spacial score (nSPS) is 21.7. The molecule has 1 N–H and O–H groups in total. The lowest BCUT2D eigenvalue weighted by atomic mass is 9.86. The van der Waals surface area contributed by atoms with Crippen molar-refractivity contribution in [2.45, 2.75) is 63.8 Å². The molecule has 1 amide bonds. The number of nitrogens with one attached hydrogen (secondary N) is 1. The third-order valence-corrected chi connectivity index (χ3v) is 5.59. The van der Waals surface area contributed by atoms with Crippen LogP contribution in [0, 0.1) is 11.8 Å². The highest BCUT2D eigenvalue weighted by atomic mass is 35.5. The molecular weight excluding hydrogens is 294 g/mol. The molecule has 0 saturated heterocycles. The van der Waals surface area contributed by atoms with Crippen molar-refractivity contribution in [3.63, 3.8) is 0 Å². The maximum absolute atomic E-state index is 12.7. The third-order valence-electron chi connectivity index (χ3n) is 5.35. The van der Waals surface area contributed by atoms with Crippen LogP contribution in [-0.2, 0) is 4.79 Å². The van der Waals surface area contributed by atoms with Crippen LogP contribution in [0.4, 0.5) is 0 Å². The lowest BCUT2D eigenvalue weighted by molar-refractivity contribution is -0.127. The molecule has 120 valence electrons. The van der Waals surface area contributed by atoms with Crippen LogP contribution in [0.2, 0.25) is 5.02 Å². The zero-order valence-electron chi connectivity index (χ0n) is 13.2. The Kier molecular flexibility index (Phi) is 5.41. The number of halogens is 1. The summed E-state index contributed by atoms with van der Waals surface area (Å²) in [6.45, 7) is 0. The van der Waals surface area contributed by atoms with Crippen LogP contribution in [0.25, 0.3) is 0 Å². The second-order valence-corrected chi connectivity index (χ2v) is 7.36. The van der Waals surface area contributed by atoms with Gasteiger partial charge in [0.25, 0.3) is 0 Å². The fraction of sp³-hybridized carbons (Fsp3) is 0.632. The Morgan fingerprint density at radius 3 is 2.41 bits per heavy atom. The zero-order valence-corrected chi connectivity index (χ0v) is 13.9. The maximum Gasteiger partial charge on any atom is 0.223 e. The molecule has 0 heterocycles. The Bertz CT molecular complexity index is 504. The van der Waals surface area contributed by atoms with Crippen molar-refractivity contribution < 1.29 is 4.79 Å². The molecule has 0 aliphatic heterocycles. The Labute approximate surface area is 138 Å². The molecule has 0 bridgehead atoms. The Morgan fingerprint density at radius 1 is 1.05 bits per heavy atom. The van der Waals surface area contributed by atoms with Crippen molar-refractivity contribution in [3.05, 3.63) is 34.9 Å². The summed E-state index contributed by atoms with van der Waals surface area (Å²) in [5.41, 5.74) is 1.17. The number of hydrogen-bond donors (Lipinski definition) is 1. The largest absolute Gasteiger partial charge is 0.349 e. The summed E-state index contributed by atoms with van der Waals surface area (Å²) in [4.78, 5) is 12.7. The first-order valence-corrected chi connectivity index (χ1v) is 9.17. The summed E-state index contributed by atoms with van der Waals surface area (Å²) >= 11 is 6.17. The van der Waals surface area contributed by atoms with Crippen molar-refractivity contribution in [2.75, 3.05) is 0 Å². The minimum absolute atomic E-state index is 0.135. The first-order valence-electron chi connectivity index (χ1n) is 8.80. The molecule has 1 aromatic rings. The predicted octanol–water partition coefficient (Wildman–Crippen LogP) is 5.27. The van der Waals surface area contributed by atoms with Crippen molar-refractivity contribution >= 4 is 17.5 Å². The van der Waals surface area contributed by atoms with E-state index in [0.29, 0.717) is 5.92 Å². The summed E-state index contributed by atoms with van der Waals surface area (Å²) in [6.07, 6.45) is 10.8. The van der Waals surface area contributed by atoms with Gasteiger partial charge in [-0.05, 0) is 49.3 Å². The molecule has 2 aliphatic carbocycles. The van der Waals surface area contributed by atoms with Crippen LogP contribution < -0.4 is 5.32 Å². The molecule has 0 radical (unpaired) electrons. The van der Waals surface area contributed by atoms with Gasteiger partial charge in [-0.2, -0.15) is 0 Å². The van der Waals surface area contributed by atoms with Gasteiger partial charge in [0.05, 0.1) is 6.04 Å². The van der Waals surface area contributed by atoms with E-state index in [1.807, 2.05) is 18.2 Å². The molecule has 0 spiro atoms. The standard InChI is InChI=1S/C19H26ClNO/c20-17-12-6-11-16(13-17)18(14-7-4-5-8-14)21-19(22)15-9-2-1-3-10-15/h6,11-15,18H,1-5,7-10H2,(H,21,22)/t18-/m0/s1. The molecule has 1 atom stereocenters. The number of amides is 1. The van der Waals surface area contributed by atoms with Crippen molar-refractivity contribution in [3.8, 4) is 0 Å². The molecule has 3 rings (SSSR count). The van der Waals surface area contributed by atoms with Crippen molar-refractivity contribution in [2.24, 2.45) is 11.8 Å². The minimum atomic E-state index is 0.135. The third kappa shape index (κ3) is 3.84. The van der Waals surface area contributed by atoms with Crippen LogP contribution in [0.15, 0.2) is 24.3 Å². The number of rotatable bonds is 4. The van der Waals surface area contributed by atoms with Gasteiger partial charge in [-0.15, -0.1) is 0 Å². The molecule has 1 aromatic carbocycles. The second-order valence-electron chi connectivity index (χ2n) is 6.92. The molecule has 2 fully saturated rings. The molecule has 2 aliphatic rings. The van der Waals surface area contributed by atoms with E-state index >= 15 is 0 Å². The van der Waals surface area contributed by atoms with Gasteiger partial charge in [-0.1, -0.05) is 55.8 Å². The highest BCUT2D eigenvalue weighted by Crippen LogP contribution is 2.37. The maximum atomic E-state index is 12.7. The summed E-state index contributed by atoms with van der Waals surface area (Å²) < 4.78 is 0. The lowest BCUT2D eigenvalue weighted by Crippen LogP contribution is -2.37. The monoisotopic (exact) mass is 319 g/mol. The molecular formula is C19H26ClNO. The van der Waals surface area contributed by atoms with E-state index in [9.17, 15) is 4.79 Å². The Balaban J connectivity index is 1.74. The zero-order chi connectivity index (χ0) is 15.4. The predicted molar refractivity (Wildman–Crippen MR) is 90.9 cm³/mol. The van der Waals surface area contributed by atoms with Gasteiger partial charge in [0.15, 0.2) is 0 Å². The van der Waals surface area contributed by atoms with Crippen LogP contribution in [0.1, 0.15) is 69.4 Å². The average molecular weight is 320 g/mol. The number of carbonyl (C=O) groups excluding carboxylic acids is 1. The van der Waals surface area contributed by atoms with E-state index in [-0.39, 0.29) is 17.9 Å². The van der Waals surface area contributed by atoms with Gasteiger partial charge in [-0.25, -0.2) is 0 Å². The summed E-state index contributed by atoms with van der Waals surface area (Å²) in [5, 5.41) is 4.13. The minimum Gasteiger partial charge on any atom is -0.349 e. The number of hydrogen-bond acceptors (Lipinski definition) is 1. The average Bonchev–Trinajstić information content (AvgIpc) is 3.07. The van der Waals surface area contributed by atoms with Crippen molar-refractivity contribution in [1.29, 1.82) is 0 Å². The quantitative estimate of drug-likeness (QED) is 0.805. The fourth-order valence-electron chi connectivity index (χ4n) is 4.10. The van der Waals surface area contributed by atoms with E-state index in [0.717, 1.165) is 17.9 Å². The van der Waals surface area contributed by atoms with E-state index in [2.05, 4.69) is 11.4 Å². The van der Waals surface area contributed by atoms with Gasteiger partial charge >= 0.3 is 0 Å².